The molecule has 0 aliphatic carbocycles. The molecule has 16 heavy (non-hydrogen) atoms. The van der Waals surface area contributed by atoms with E-state index < -0.39 is 0 Å². The molecule has 2 aromatic rings. The Hall–Kier alpha value is -2.11. The van der Waals surface area contributed by atoms with Crippen molar-refractivity contribution in [1.82, 2.24) is 19.3 Å². The first kappa shape index (κ1) is 10.4. The Kier molecular flexibility index (Phi) is 2.72. The fourth-order valence-corrected chi connectivity index (χ4v) is 1.38. The second-order valence-electron chi connectivity index (χ2n) is 3.65. The summed E-state index contributed by atoms with van der Waals surface area (Å²) in [6.45, 7) is 4.00. The lowest BCUT2D eigenvalue weighted by molar-refractivity contribution is 0.253. The van der Waals surface area contributed by atoms with Gasteiger partial charge in [-0.2, -0.15) is 5.10 Å². The Morgan fingerprint density at radius 3 is 2.88 bits per heavy atom. The predicted octanol–water partition coefficient (Wildman–Crippen LogP) is 1.74. The van der Waals surface area contributed by atoms with Gasteiger partial charge in [-0.25, -0.2) is 14.5 Å². The minimum Gasteiger partial charge on any atom is -0.292 e. The summed E-state index contributed by atoms with van der Waals surface area (Å²) in [5.41, 5.74) is 0. The molecule has 1 amide bonds. The molecule has 0 aromatic carbocycles. The van der Waals surface area contributed by atoms with Gasteiger partial charge in [-0.3, -0.25) is 9.88 Å². The van der Waals surface area contributed by atoms with E-state index in [2.05, 4.69) is 15.4 Å². The smallest absolute Gasteiger partial charge is 0.292 e. The van der Waals surface area contributed by atoms with Crippen molar-refractivity contribution >= 4 is 11.8 Å². The number of hydrogen-bond acceptors (Lipinski definition) is 3. The quantitative estimate of drug-likeness (QED) is 0.836. The van der Waals surface area contributed by atoms with E-state index in [1.54, 1.807) is 29.3 Å². The maximum Gasteiger partial charge on any atom is 0.332 e. The predicted molar refractivity (Wildman–Crippen MR) is 59.3 cm³/mol. The molecule has 6 heteroatoms. The molecule has 1 N–H and O–H groups in total. The van der Waals surface area contributed by atoms with Crippen molar-refractivity contribution in [2.45, 2.75) is 19.9 Å². The van der Waals surface area contributed by atoms with E-state index in [4.69, 9.17) is 0 Å². The Bertz CT molecular complexity index is 471. The largest absolute Gasteiger partial charge is 0.332 e. The van der Waals surface area contributed by atoms with Crippen molar-refractivity contribution in [2.24, 2.45) is 0 Å². The van der Waals surface area contributed by atoms with E-state index >= 15 is 0 Å². The summed E-state index contributed by atoms with van der Waals surface area (Å²) in [6.07, 6.45) is 6.25. The van der Waals surface area contributed by atoms with Gasteiger partial charge < -0.3 is 0 Å². The van der Waals surface area contributed by atoms with Gasteiger partial charge in [-0.05, 0) is 13.8 Å². The topological polar surface area (TPSA) is 64.7 Å². The van der Waals surface area contributed by atoms with E-state index in [0.717, 1.165) is 0 Å². The number of amides is 1. The summed E-state index contributed by atoms with van der Waals surface area (Å²) < 4.78 is 3.12. The number of carbonyl (C=O) groups excluding carboxylic acids is 1. The van der Waals surface area contributed by atoms with Gasteiger partial charge in [0.1, 0.15) is 12.1 Å². The van der Waals surface area contributed by atoms with E-state index in [1.165, 1.54) is 10.9 Å². The average molecular weight is 219 g/mol. The molecule has 0 bridgehead atoms. The number of nitrogens with one attached hydrogen (secondary N) is 1. The summed E-state index contributed by atoms with van der Waals surface area (Å²) in [7, 11) is 0. The zero-order valence-electron chi connectivity index (χ0n) is 9.16. The molecule has 0 aliphatic heterocycles. The Labute approximate surface area is 92.9 Å². The highest BCUT2D eigenvalue weighted by molar-refractivity contribution is 5.89. The number of rotatable bonds is 2. The van der Waals surface area contributed by atoms with Crippen LogP contribution in [0.5, 0.6) is 0 Å². The molecule has 0 aliphatic rings. The molecule has 0 saturated heterocycles. The third-order valence-electron chi connectivity index (χ3n) is 2.13. The van der Waals surface area contributed by atoms with Crippen LogP contribution in [-0.4, -0.2) is 25.4 Å². The van der Waals surface area contributed by atoms with Crippen molar-refractivity contribution in [3.8, 4) is 0 Å². The van der Waals surface area contributed by atoms with Crippen LogP contribution >= 0.6 is 0 Å². The average Bonchev–Trinajstić information content (AvgIpc) is 2.86. The first-order valence-corrected chi connectivity index (χ1v) is 5.01. The molecule has 0 atom stereocenters. The molecule has 0 saturated carbocycles. The van der Waals surface area contributed by atoms with Gasteiger partial charge in [0.25, 0.3) is 0 Å². The molecule has 2 rings (SSSR count). The standard InChI is InChI=1S/C10H13N5O/c1-8(2)15-9(3-4-12-15)13-10(16)14-6-5-11-7-14/h3-8H,1-2H3,(H,13,16). The van der Waals surface area contributed by atoms with Crippen LogP contribution in [0.25, 0.3) is 0 Å². The van der Waals surface area contributed by atoms with Crippen LogP contribution < -0.4 is 5.32 Å². The van der Waals surface area contributed by atoms with Crippen LogP contribution in [0.2, 0.25) is 0 Å². The lowest BCUT2D eigenvalue weighted by Gasteiger charge is -2.11. The molecule has 2 heterocycles. The summed E-state index contributed by atoms with van der Waals surface area (Å²) in [5, 5.41) is 6.89. The third-order valence-corrected chi connectivity index (χ3v) is 2.13. The number of hydrogen-bond donors (Lipinski definition) is 1. The SMILES string of the molecule is CC(C)n1nccc1NC(=O)n1ccnc1. The Morgan fingerprint density at radius 2 is 2.25 bits per heavy atom. The summed E-state index contributed by atoms with van der Waals surface area (Å²) in [4.78, 5) is 15.5. The first-order valence-electron chi connectivity index (χ1n) is 5.01. The molecule has 6 nitrogen and oxygen atoms in total. The number of nitrogens with zero attached hydrogens (tertiary/aromatic N) is 4. The lowest BCUT2D eigenvalue weighted by Crippen LogP contribution is -2.20. The lowest BCUT2D eigenvalue weighted by atomic mass is 10.4. The molecular formula is C10H13N5O. The molecule has 2 aromatic heterocycles. The molecule has 0 spiro atoms. The van der Waals surface area contributed by atoms with Crippen molar-refractivity contribution in [1.29, 1.82) is 0 Å². The molecule has 84 valence electrons. The van der Waals surface area contributed by atoms with Gasteiger partial charge in [0.15, 0.2) is 0 Å². The van der Waals surface area contributed by atoms with E-state index in [-0.39, 0.29) is 12.1 Å². The summed E-state index contributed by atoms with van der Waals surface area (Å²) in [6, 6.07) is 1.71. The zero-order valence-corrected chi connectivity index (χ0v) is 9.16. The van der Waals surface area contributed by atoms with Crippen LogP contribution in [0.15, 0.2) is 31.0 Å². The highest BCUT2D eigenvalue weighted by atomic mass is 16.2. The van der Waals surface area contributed by atoms with Gasteiger partial charge in [0.2, 0.25) is 0 Å². The monoisotopic (exact) mass is 219 g/mol. The van der Waals surface area contributed by atoms with Crippen molar-refractivity contribution in [3.05, 3.63) is 31.0 Å². The molecule has 0 radical (unpaired) electrons. The minimum atomic E-state index is -0.250. The second-order valence-corrected chi connectivity index (χ2v) is 3.65. The number of imidazole rings is 1. The summed E-state index contributed by atoms with van der Waals surface area (Å²) in [5.74, 6) is 0.675. The maximum atomic E-state index is 11.7. The highest BCUT2D eigenvalue weighted by Crippen LogP contribution is 2.13. The zero-order chi connectivity index (χ0) is 11.5. The number of aromatic nitrogens is 4. The fourth-order valence-electron chi connectivity index (χ4n) is 1.38. The normalized spacial score (nSPS) is 10.7. The number of anilines is 1. The van der Waals surface area contributed by atoms with E-state index in [9.17, 15) is 4.79 Å². The van der Waals surface area contributed by atoms with Crippen molar-refractivity contribution < 1.29 is 4.79 Å². The highest BCUT2D eigenvalue weighted by Gasteiger charge is 2.09. The number of carbonyl (C=O) groups is 1. The molecular weight excluding hydrogens is 206 g/mol. The van der Waals surface area contributed by atoms with Crippen LogP contribution in [-0.2, 0) is 0 Å². The van der Waals surface area contributed by atoms with E-state index in [0.29, 0.717) is 5.82 Å². The van der Waals surface area contributed by atoms with Crippen molar-refractivity contribution in [2.75, 3.05) is 5.32 Å². The van der Waals surface area contributed by atoms with Gasteiger partial charge in [-0.15, -0.1) is 0 Å². The summed E-state index contributed by atoms with van der Waals surface area (Å²) >= 11 is 0. The second kappa shape index (κ2) is 4.18. The van der Waals surface area contributed by atoms with Crippen LogP contribution in [0.4, 0.5) is 10.6 Å². The minimum absolute atomic E-state index is 0.202. The van der Waals surface area contributed by atoms with Gasteiger partial charge >= 0.3 is 6.03 Å². The van der Waals surface area contributed by atoms with Crippen LogP contribution in [0.1, 0.15) is 19.9 Å². The van der Waals surface area contributed by atoms with Gasteiger partial charge in [0.05, 0.1) is 6.20 Å². The van der Waals surface area contributed by atoms with E-state index in [1.807, 2.05) is 13.8 Å². The maximum absolute atomic E-state index is 11.7. The van der Waals surface area contributed by atoms with Crippen LogP contribution in [0, 0.1) is 0 Å². The Morgan fingerprint density at radius 1 is 1.44 bits per heavy atom. The van der Waals surface area contributed by atoms with Gasteiger partial charge in [-0.1, -0.05) is 0 Å². The fraction of sp³-hybridized carbons (Fsp3) is 0.300. The first-order chi connectivity index (χ1) is 7.68. The van der Waals surface area contributed by atoms with Crippen LogP contribution in [0.3, 0.4) is 0 Å². The van der Waals surface area contributed by atoms with Gasteiger partial charge in [0, 0.05) is 24.5 Å². The molecule has 0 fully saturated rings. The third kappa shape index (κ3) is 1.95. The Balaban J connectivity index is 2.15. The van der Waals surface area contributed by atoms with Crippen molar-refractivity contribution in [3.63, 3.8) is 0 Å². The molecule has 0 unspecified atom stereocenters.